The van der Waals surface area contributed by atoms with Crippen LogP contribution in [0.3, 0.4) is 0 Å². The lowest BCUT2D eigenvalue weighted by Gasteiger charge is -2.41. The van der Waals surface area contributed by atoms with E-state index in [2.05, 4.69) is 40.5 Å². The van der Waals surface area contributed by atoms with Crippen LogP contribution in [-0.4, -0.2) is 24.8 Å². The van der Waals surface area contributed by atoms with Gasteiger partial charge in [-0.25, -0.2) is 0 Å². The molecule has 0 saturated heterocycles. The van der Waals surface area contributed by atoms with E-state index in [0.29, 0.717) is 29.8 Å². The molecule has 37 heavy (non-hydrogen) atoms. The van der Waals surface area contributed by atoms with Gasteiger partial charge in [-0.05, 0) is 97.7 Å². The van der Waals surface area contributed by atoms with E-state index >= 15 is 0 Å². The average Bonchev–Trinajstić information content (AvgIpc) is 2.90. The maximum atomic E-state index is 13.1. The topological polar surface area (TPSA) is 59.0 Å². The van der Waals surface area contributed by atoms with E-state index in [9.17, 15) is 9.00 Å². The smallest absolute Gasteiger partial charge is 0.254 e. The Hall–Kier alpha value is -2.31. The normalized spacial score (nSPS) is 26.1. The molecule has 1 fully saturated rings. The number of hydrogen-bond acceptors (Lipinski definition) is 5. The average molecular weight is 540 g/mol. The highest BCUT2D eigenvalue weighted by molar-refractivity contribution is 7.75. The summed E-state index contributed by atoms with van der Waals surface area (Å²) < 4.78 is 23.1. The largest absolute Gasteiger partial charge is 0.491 e. The molecule has 0 radical (unpaired) electrons. The molecule has 0 N–H and O–H groups in total. The minimum atomic E-state index is -1.56. The first-order chi connectivity index (χ1) is 18.0. The molecule has 2 aromatic rings. The minimum absolute atomic E-state index is 0.165. The molecule has 2 aromatic carbocycles. The van der Waals surface area contributed by atoms with Gasteiger partial charge >= 0.3 is 0 Å². The van der Waals surface area contributed by atoms with Crippen molar-refractivity contribution in [1.82, 2.24) is 0 Å². The Labute approximate surface area is 227 Å². The molecule has 3 atom stereocenters. The first-order valence-electron chi connectivity index (χ1n) is 13.6. The van der Waals surface area contributed by atoms with Crippen molar-refractivity contribution in [2.75, 3.05) is 23.8 Å². The van der Waals surface area contributed by atoms with Crippen LogP contribution in [0.2, 0.25) is 5.02 Å². The summed E-state index contributed by atoms with van der Waals surface area (Å²) in [5.41, 5.74) is 3.91. The van der Waals surface area contributed by atoms with Crippen molar-refractivity contribution in [2.24, 2.45) is 22.1 Å². The second-order valence-corrected chi connectivity index (χ2v) is 12.2. The van der Waals surface area contributed by atoms with E-state index in [0.717, 1.165) is 61.7 Å². The lowest BCUT2D eigenvalue weighted by Crippen LogP contribution is -2.38. The van der Waals surface area contributed by atoms with Gasteiger partial charge in [0.25, 0.3) is 5.91 Å². The van der Waals surface area contributed by atoms with Crippen molar-refractivity contribution in [2.45, 2.75) is 58.4 Å². The van der Waals surface area contributed by atoms with Gasteiger partial charge in [0.2, 0.25) is 0 Å². The van der Waals surface area contributed by atoms with Gasteiger partial charge < -0.3 is 18.2 Å². The van der Waals surface area contributed by atoms with Crippen LogP contribution in [0.25, 0.3) is 0 Å². The summed E-state index contributed by atoms with van der Waals surface area (Å²) in [5.74, 6) is 2.11. The summed E-state index contributed by atoms with van der Waals surface area (Å²) in [5, 5.41) is 0.765. The summed E-state index contributed by atoms with van der Waals surface area (Å²) in [6, 6.07) is 11.8. The van der Waals surface area contributed by atoms with Crippen LogP contribution in [-0.2, 0) is 27.8 Å². The number of carbonyl (C=O) groups is 1. The number of aryl methyl sites for hydroxylation is 1. The molecule has 5 rings (SSSR count). The lowest BCUT2D eigenvalue weighted by molar-refractivity contribution is 0.100. The summed E-state index contributed by atoms with van der Waals surface area (Å²) in [6.07, 6.45) is 11.7. The standard InChI is InChI=1S/C30H36ClN2O3S/c1-2-21-6-5-8-22-9-10-25(22)18-33-19-26-11-13-27(31)16-23(26)7-3-4-15-36-29-14-12-24(17-28(29)33)30(34)32-37(35)20-21/h5-6,11-14,16-17,21-22,25H,2-4,7-10,15,18-20H2,1H3/q-1/b6-5+/t21-,22-,25+/m1/s1. The van der Waals surface area contributed by atoms with E-state index in [1.165, 1.54) is 24.0 Å². The van der Waals surface area contributed by atoms with Crippen LogP contribution in [0.4, 0.5) is 5.69 Å². The van der Waals surface area contributed by atoms with Crippen molar-refractivity contribution in [1.29, 1.82) is 0 Å². The molecule has 2 heterocycles. The number of anilines is 1. The van der Waals surface area contributed by atoms with Gasteiger partial charge in [0.1, 0.15) is 5.75 Å². The van der Waals surface area contributed by atoms with E-state index in [4.69, 9.17) is 16.3 Å². The Morgan fingerprint density at radius 3 is 2.78 bits per heavy atom. The van der Waals surface area contributed by atoms with E-state index in [-0.39, 0.29) is 5.92 Å². The molecule has 2 aliphatic heterocycles. The zero-order chi connectivity index (χ0) is 25.8. The Balaban J connectivity index is 1.59. The van der Waals surface area contributed by atoms with Gasteiger partial charge in [-0.1, -0.05) is 48.9 Å². The fourth-order valence-electron chi connectivity index (χ4n) is 5.65. The number of amides is 1. The number of benzene rings is 2. The molecule has 1 amide bonds. The number of fused-ring (bicyclic) bond motifs is 3. The predicted molar refractivity (Wildman–Crippen MR) is 151 cm³/mol. The molecule has 198 valence electrons. The molecule has 1 aliphatic carbocycles. The van der Waals surface area contributed by atoms with Gasteiger partial charge in [0.05, 0.1) is 12.3 Å². The zero-order valence-corrected chi connectivity index (χ0v) is 23.1. The first kappa shape index (κ1) is 26.3. The van der Waals surface area contributed by atoms with Crippen LogP contribution in [0.1, 0.15) is 66.9 Å². The summed E-state index contributed by atoms with van der Waals surface area (Å²) in [7, 11) is -1.56. The fourth-order valence-corrected chi connectivity index (χ4v) is 6.92. The highest BCUT2D eigenvalue weighted by Crippen LogP contribution is 2.41. The maximum absolute atomic E-state index is 13.1. The quantitative estimate of drug-likeness (QED) is 0.280. The number of nitrogens with zero attached hydrogens (tertiary/aromatic N) is 2. The first-order valence-corrected chi connectivity index (χ1v) is 15.3. The monoisotopic (exact) mass is 539 g/mol. The number of halogens is 1. The van der Waals surface area contributed by atoms with Crippen LogP contribution in [0, 0.1) is 17.8 Å². The van der Waals surface area contributed by atoms with Crippen molar-refractivity contribution < 1.29 is 13.7 Å². The van der Waals surface area contributed by atoms with Crippen LogP contribution in [0.15, 0.2) is 52.9 Å². The Kier molecular flexibility index (Phi) is 8.56. The van der Waals surface area contributed by atoms with Gasteiger partial charge in [0.15, 0.2) is 0 Å². The van der Waals surface area contributed by atoms with Crippen LogP contribution < -0.4 is 9.64 Å². The SMILES string of the molecule is CC[C@@H]1/C=C/C[C@@H]2CC[C@H]2CN2Cc3ccc(Cl)cc3CCCCOc3ccc(cc32)C(=O)N=[S-](=O)C1. The van der Waals surface area contributed by atoms with Crippen molar-refractivity contribution in [3.05, 3.63) is 70.3 Å². The second-order valence-electron chi connectivity index (χ2n) is 10.6. The third kappa shape index (κ3) is 6.40. The van der Waals surface area contributed by atoms with Crippen molar-refractivity contribution >= 4 is 33.8 Å². The molecule has 1 saturated carbocycles. The highest BCUT2D eigenvalue weighted by Gasteiger charge is 2.32. The van der Waals surface area contributed by atoms with Crippen LogP contribution >= 0.6 is 11.6 Å². The lowest BCUT2D eigenvalue weighted by atomic mass is 9.71. The fraction of sp³-hybridized carbons (Fsp3) is 0.500. The number of ether oxygens (including phenoxy) is 1. The third-order valence-corrected chi connectivity index (χ3v) is 9.43. The number of carbonyl (C=O) groups excluding carboxylic acids is 1. The summed E-state index contributed by atoms with van der Waals surface area (Å²) in [6.45, 7) is 4.33. The molecular weight excluding hydrogens is 504 g/mol. The molecule has 7 heteroatoms. The van der Waals surface area contributed by atoms with Gasteiger partial charge in [-0.15, -0.1) is 0 Å². The van der Waals surface area contributed by atoms with Crippen molar-refractivity contribution in [3.63, 3.8) is 0 Å². The van der Waals surface area contributed by atoms with E-state index < -0.39 is 16.5 Å². The molecule has 0 spiro atoms. The molecule has 2 bridgehead atoms. The molecule has 3 aliphatic rings. The number of rotatable bonds is 1. The van der Waals surface area contributed by atoms with Crippen molar-refractivity contribution in [3.8, 4) is 5.75 Å². The number of allylic oxidation sites excluding steroid dienone is 2. The molecular formula is C30H36ClN2O3S-. The predicted octanol–water partition coefficient (Wildman–Crippen LogP) is 7.36. The highest BCUT2D eigenvalue weighted by atomic mass is 35.5. The zero-order valence-electron chi connectivity index (χ0n) is 21.5. The van der Waals surface area contributed by atoms with Gasteiger partial charge in [-0.3, -0.25) is 4.79 Å². The van der Waals surface area contributed by atoms with Gasteiger partial charge in [-0.2, -0.15) is 10.6 Å². The minimum Gasteiger partial charge on any atom is -0.491 e. The Morgan fingerprint density at radius 1 is 1.11 bits per heavy atom. The Bertz CT molecular complexity index is 1250. The van der Waals surface area contributed by atoms with Crippen LogP contribution in [0.5, 0.6) is 5.75 Å². The third-order valence-electron chi connectivity index (χ3n) is 8.12. The van der Waals surface area contributed by atoms with Gasteiger partial charge in [0, 0.05) is 23.7 Å². The number of hydrogen-bond donors (Lipinski definition) is 0. The molecule has 0 unspecified atom stereocenters. The van der Waals surface area contributed by atoms with E-state index in [1.54, 1.807) is 6.07 Å². The maximum Gasteiger partial charge on any atom is 0.254 e. The second kappa shape index (κ2) is 12.0. The molecule has 5 nitrogen and oxygen atoms in total. The molecule has 0 aromatic heterocycles. The summed E-state index contributed by atoms with van der Waals surface area (Å²) >= 11 is 6.38. The van der Waals surface area contributed by atoms with E-state index in [1.807, 2.05) is 18.2 Å². The summed E-state index contributed by atoms with van der Waals surface area (Å²) in [4.78, 5) is 15.5. The Morgan fingerprint density at radius 2 is 1.97 bits per heavy atom.